The normalized spacial score (nSPS) is 11.5. The minimum Gasteiger partial charge on any atom is -0.480 e. The van der Waals surface area contributed by atoms with E-state index in [1.54, 1.807) is 0 Å². The van der Waals surface area contributed by atoms with E-state index >= 15 is 0 Å². The van der Waals surface area contributed by atoms with Gasteiger partial charge >= 0.3 is 18.0 Å². The molecule has 2 amide bonds. The van der Waals surface area contributed by atoms with E-state index in [-0.39, 0.29) is 0 Å². The van der Waals surface area contributed by atoms with Crippen molar-refractivity contribution in [3.63, 3.8) is 0 Å². The first-order chi connectivity index (χ1) is 9.01. The number of carbonyl (C=O) groups is 3. The fraction of sp³-hybridized carbons (Fsp3) is 0.727. The highest BCUT2D eigenvalue weighted by Gasteiger charge is 2.23. The maximum absolute atomic E-state index is 11.4. The Hall–Kier alpha value is -1.83. The van der Waals surface area contributed by atoms with Gasteiger partial charge in [0.25, 0.3) is 0 Å². The molecule has 0 heterocycles. The van der Waals surface area contributed by atoms with Crippen LogP contribution in [0.4, 0.5) is 4.79 Å². The third-order valence-corrected chi connectivity index (χ3v) is 2.16. The number of ether oxygens (including phenoxy) is 2. The number of methoxy groups -OCH3 is 1. The van der Waals surface area contributed by atoms with Crippen molar-refractivity contribution in [1.82, 2.24) is 10.6 Å². The molecule has 0 fully saturated rings. The number of carboxylic acid groups (broad SMARTS) is 1. The Kier molecular flexibility index (Phi) is 9.15. The molecule has 0 unspecified atom stereocenters. The molecule has 1 atom stereocenters. The molecule has 8 heteroatoms. The van der Waals surface area contributed by atoms with E-state index in [9.17, 15) is 14.4 Å². The van der Waals surface area contributed by atoms with Crippen LogP contribution in [0.1, 0.15) is 19.8 Å². The SMILES string of the molecule is CCOCCCNC(=O)N[C@@H](CC(=O)OC)C(=O)O. The van der Waals surface area contributed by atoms with Crippen molar-refractivity contribution in [3.05, 3.63) is 0 Å². The first-order valence-corrected chi connectivity index (χ1v) is 5.93. The minimum absolute atomic E-state index is 0.358. The predicted molar refractivity (Wildman–Crippen MR) is 65.7 cm³/mol. The van der Waals surface area contributed by atoms with Gasteiger partial charge in [0.05, 0.1) is 13.5 Å². The third-order valence-electron chi connectivity index (χ3n) is 2.16. The monoisotopic (exact) mass is 276 g/mol. The molecule has 0 radical (unpaired) electrons. The van der Waals surface area contributed by atoms with E-state index in [0.29, 0.717) is 26.2 Å². The average Bonchev–Trinajstić information content (AvgIpc) is 2.37. The summed E-state index contributed by atoms with van der Waals surface area (Å²) in [5.41, 5.74) is 0. The molecule has 0 aliphatic heterocycles. The van der Waals surface area contributed by atoms with Crippen LogP contribution >= 0.6 is 0 Å². The van der Waals surface area contributed by atoms with Gasteiger partial charge in [0.15, 0.2) is 0 Å². The van der Waals surface area contributed by atoms with Crippen LogP contribution in [0.25, 0.3) is 0 Å². The molecule has 0 aromatic rings. The highest BCUT2D eigenvalue weighted by Crippen LogP contribution is 1.95. The van der Waals surface area contributed by atoms with Gasteiger partial charge < -0.3 is 25.2 Å². The van der Waals surface area contributed by atoms with Crippen molar-refractivity contribution >= 4 is 18.0 Å². The van der Waals surface area contributed by atoms with Crippen molar-refractivity contribution in [1.29, 1.82) is 0 Å². The molecule has 0 spiro atoms. The molecule has 110 valence electrons. The molecule has 0 saturated heterocycles. The molecule has 0 bridgehead atoms. The Balaban J connectivity index is 3.97. The molecule has 8 nitrogen and oxygen atoms in total. The second-order valence-corrected chi connectivity index (χ2v) is 3.62. The lowest BCUT2D eigenvalue weighted by atomic mass is 10.2. The Morgan fingerprint density at radius 2 is 2.00 bits per heavy atom. The summed E-state index contributed by atoms with van der Waals surface area (Å²) in [6, 6.07) is -1.95. The summed E-state index contributed by atoms with van der Waals surface area (Å²) < 4.78 is 9.42. The van der Waals surface area contributed by atoms with Crippen molar-refractivity contribution in [2.24, 2.45) is 0 Å². The van der Waals surface area contributed by atoms with Crippen LogP contribution in [0.5, 0.6) is 0 Å². The number of nitrogens with one attached hydrogen (secondary N) is 2. The number of urea groups is 1. The van der Waals surface area contributed by atoms with Crippen LogP contribution in [0.15, 0.2) is 0 Å². The van der Waals surface area contributed by atoms with Gasteiger partial charge in [-0.05, 0) is 13.3 Å². The molecular weight excluding hydrogens is 256 g/mol. The second-order valence-electron chi connectivity index (χ2n) is 3.62. The molecule has 19 heavy (non-hydrogen) atoms. The number of amides is 2. The summed E-state index contributed by atoms with van der Waals surface area (Å²) in [4.78, 5) is 33.2. The Morgan fingerprint density at radius 3 is 2.53 bits per heavy atom. The second kappa shape index (κ2) is 10.1. The van der Waals surface area contributed by atoms with Gasteiger partial charge in [-0.3, -0.25) is 4.79 Å². The van der Waals surface area contributed by atoms with E-state index in [1.165, 1.54) is 0 Å². The summed E-state index contributed by atoms with van der Waals surface area (Å²) in [5, 5.41) is 13.5. The van der Waals surface area contributed by atoms with E-state index in [4.69, 9.17) is 9.84 Å². The topological polar surface area (TPSA) is 114 Å². The summed E-state index contributed by atoms with van der Waals surface area (Å²) in [7, 11) is 1.15. The largest absolute Gasteiger partial charge is 0.480 e. The van der Waals surface area contributed by atoms with E-state index < -0.39 is 30.4 Å². The highest BCUT2D eigenvalue weighted by atomic mass is 16.5. The van der Waals surface area contributed by atoms with Gasteiger partial charge in [0.1, 0.15) is 6.04 Å². The zero-order valence-electron chi connectivity index (χ0n) is 11.1. The third kappa shape index (κ3) is 8.83. The molecule has 0 aliphatic rings. The van der Waals surface area contributed by atoms with Gasteiger partial charge in [-0.25, -0.2) is 9.59 Å². The van der Waals surface area contributed by atoms with Crippen LogP contribution in [-0.4, -0.2) is 56.0 Å². The van der Waals surface area contributed by atoms with E-state index in [1.807, 2.05) is 6.92 Å². The zero-order valence-corrected chi connectivity index (χ0v) is 11.1. The van der Waals surface area contributed by atoms with Crippen LogP contribution in [0, 0.1) is 0 Å². The maximum Gasteiger partial charge on any atom is 0.326 e. The number of hydrogen-bond donors (Lipinski definition) is 3. The average molecular weight is 276 g/mol. The number of carbonyl (C=O) groups excluding carboxylic acids is 2. The van der Waals surface area contributed by atoms with Crippen LogP contribution in [-0.2, 0) is 19.1 Å². The number of aliphatic carboxylic acids is 1. The quantitative estimate of drug-likeness (QED) is 0.394. The standard InChI is InChI=1S/C11H20N2O6/c1-3-19-6-4-5-12-11(17)13-8(10(15)16)7-9(14)18-2/h8H,3-7H2,1-2H3,(H,15,16)(H2,12,13,17)/t8-/m0/s1. The molecule has 0 aliphatic carbocycles. The molecule has 3 N–H and O–H groups in total. The molecule has 0 rings (SSSR count). The van der Waals surface area contributed by atoms with Crippen molar-refractivity contribution in [2.45, 2.75) is 25.8 Å². The number of esters is 1. The summed E-state index contributed by atoms with van der Waals surface area (Å²) in [6.45, 7) is 3.34. The number of rotatable bonds is 9. The summed E-state index contributed by atoms with van der Waals surface area (Å²) in [5.74, 6) is -2.00. The lowest BCUT2D eigenvalue weighted by Gasteiger charge is -2.14. The smallest absolute Gasteiger partial charge is 0.326 e. The van der Waals surface area contributed by atoms with Gasteiger partial charge in [0.2, 0.25) is 0 Å². The van der Waals surface area contributed by atoms with Gasteiger partial charge in [-0.2, -0.15) is 0 Å². The Labute approximate surface area is 111 Å². The fourth-order valence-corrected chi connectivity index (χ4v) is 1.18. The zero-order chi connectivity index (χ0) is 14.7. The van der Waals surface area contributed by atoms with Gasteiger partial charge in [-0.1, -0.05) is 0 Å². The fourth-order valence-electron chi connectivity index (χ4n) is 1.18. The van der Waals surface area contributed by atoms with Crippen molar-refractivity contribution < 1.29 is 29.0 Å². The van der Waals surface area contributed by atoms with Gasteiger partial charge in [0, 0.05) is 19.8 Å². The summed E-state index contributed by atoms with van der Waals surface area (Å²) >= 11 is 0. The summed E-state index contributed by atoms with van der Waals surface area (Å²) in [6.07, 6.45) is 0.203. The van der Waals surface area contributed by atoms with E-state index in [2.05, 4.69) is 15.4 Å². The first-order valence-electron chi connectivity index (χ1n) is 5.93. The molecule has 0 aromatic carbocycles. The number of hydrogen-bond acceptors (Lipinski definition) is 5. The predicted octanol–water partition coefficient (Wildman–Crippen LogP) is -0.271. The Bertz CT molecular complexity index is 308. The molecule has 0 saturated carbocycles. The first kappa shape index (κ1) is 17.2. The lowest BCUT2D eigenvalue weighted by Crippen LogP contribution is -2.47. The molecule has 0 aromatic heterocycles. The number of carboxylic acids is 1. The van der Waals surface area contributed by atoms with Crippen LogP contribution in [0.3, 0.4) is 0 Å². The van der Waals surface area contributed by atoms with Crippen molar-refractivity contribution in [2.75, 3.05) is 26.9 Å². The lowest BCUT2D eigenvalue weighted by molar-refractivity contribution is -0.147. The Morgan fingerprint density at radius 1 is 1.32 bits per heavy atom. The highest BCUT2D eigenvalue weighted by molar-refractivity contribution is 5.86. The van der Waals surface area contributed by atoms with Crippen LogP contribution in [0.2, 0.25) is 0 Å². The van der Waals surface area contributed by atoms with E-state index in [0.717, 1.165) is 7.11 Å². The van der Waals surface area contributed by atoms with Crippen LogP contribution < -0.4 is 10.6 Å². The maximum atomic E-state index is 11.4. The van der Waals surface area contributed by atoms with Crippen molar-refractivity contribution in [3.8, 4) is 0 Å². The van der Waals surface area contributed by atoms with Gasteiger partial charge in [-0.15, -0.1) is 0 Å². The minimum atomic E-state index is -1.31. The molecular formula is C11H20N2O6.